The van der Waals surface area contributed by atoms with Crippen LogP contribution in [0.1, 0.15) is 41.2 Å². The summed E-state index contributed by atoms with van der Waals surface area (Å²) in [6.45, 7) is 2.27. The number of carbonyl (C=O) groups excluding carboxylic acids is 2. The molecule has 0 spiro atoms. The first-order chi connectivity index (χ1) is 15.9. The monoisotopic (exact) mass is 484 g/mol. The van der Waals surface area contributed by atoms with Crippen molar-refractivity contribution in [1.29, 1.82) is 0 Å². The van der Waals surface area contributed by atoms with Gasteiger partial charge in [0.2, 0.25) is 11.8 Å². The number of benzene rings is 1. The minimum atomic E-state index is -0.919. The molecule has 7 nitrogen and oxygen atoms in total. The second kappa shape index (κ2) is 7.56. The van der Waals surface area contributed by atoms with E-state index in [-0.39, 0.29) is 76.8 Å². The van der Waals surface area contributed by atoms with E-state index in [1.54, 1.807) is 11.8 Å². The first kappa shape index (κ1) is 21.2. The van der Waals surface area contributed by atoms with Crippen LogP contribution in [0, 0.1) is 36.5 Å². The summed E-state index contributed by atoms with van der Waals surface area (Å²) in [5.74, 6) is -1.39. The quantitative estimate of drug-likeness (QED) is 0.632. The summed E-state index contributed by atoms with van der Waals surface area (Å²) in [7, 11) is 0. The molecule has 7 atom stereocenters. The standard InChI is InChI=1S/C24H24N2O5S2/c1-10-5-2-3-6-11(10)15-16-12-9-13(19(16)32-21-20(15)33-24(31)25-21)18-17(12)22(29)26(23(18)30)8-4-7-14(27)28/h2-3,5-6,12-13,15-19H,4,7-9H2,1H3,(H,25,31)(H,27,28)/t12-,13+,15-,16+,17-,18-,19-/m1/s1. The number of carboxylic acid groups (broad SMARTS) is 1. The van der Waals surface area contributed by atoms with Gasteiger partial charge in [0.1, 0.15) is 0 Å². The Balaban J connectivity index is 1.39. The number of likely N-dealkylation sites (tertiary alicyclic amines) is 1. The second-order valence-corrected chi connectivity index (χ2v) is 11.8. The van der Waals surface area contributed by atoms with Gasteiger partial charge in [0, 0.05) is 29.0 Å². The minimum absolute atomic E-state index is 0.0383. The number of imide groups is 1. The number of carbonyl (C=O) groups is 3. The van der Waals surface area contributed by atoms with E-state index >= 15 is 0 Å². The molecule has 2 saturated carbocycles. The van der Waals surface area contributed by atoms with Crippen molar-refractivity contribution < 1.29 is 19.5 Å². The van der Waals surface area contributed by atoms with E-state index in [2.05, 4.69) is 24.0 Å². The van der Waals surface area contributed by atoms with Crippen LogP contribution in [0.25, 0.3) is 0 Å². The molecule has 0 radical (unpaired) electrons. The number of nitrogens with one attached hydrogen (secondary N) is 1. The molecule has 3 heterocycles. The van der Waals surface area contributed by atoms with Gasteiger partial charge < -0.3 is 10.1 Å². The maximum atomic E-state index is 13.4. The molecule has 3 fully saturated rings. The van der Waals surface area contributed by atoms with Crippen molar-refractivity contribution in [3.8, 4) is 0 Å². The fraction of sp³-hybridized carbons (Fsp3) is 0.500. The number of fused-ring (bicyclic) bond motifs is 9. The highest BCUT2D eigenvalue weighted by Crippen LogP contribution is 2.68. The summed E-state index contributed by atoms with van der Waals surface area (Å²) >= 11 is 2.96. The van der Waals surface area contributed by atoms with E-state index in [1.165, 1.54) is 27.4 Å². The zero-order valence-corrected chi connectivity index (χ0v) is 19.7. The average molecular weight is 485 g/mol. The van der Waals surface area contributed by atoms with Crippen molar-refractivity contribution in [3.05, 3.63) is 49.9 Å². The summed E-state index contributed by atoms with van der Waals surface area (Å²) in [5.41, 5.74) is 2.37. The van der Waals surface area contributed by atoms with Gasteiger partial charge in [-0.15, -0.1) is 11.8 Å². The number of rotatable bonds is 5. The number of thioether (sulfide) groups is 1. The summed E-state index contributed by atoms with van der Waals surface area (Å²) in [4.78, 5) is 55.2. The van der Waals surface area contributed by atoms with Crippen molar-refractivity contribution in [2.75, 3.05) is 6.54 Å². The highest BCUT2D eigenvalue weighted by Gasteiger charge is 2.69. The van der Waals surface area contributed by atoms with Crippen molar-refractivity contribution in [3.63, 3.8) is 0 Å². The Hall–Kier alpha value is -2.39. The Morgan fingerprint density at radius 1 is 1.15 bits per heavy atom. The molecule has 4 aliphatic rings. The molecule has 33 heavy (non-hydrogen) atoms. The molecule has 172 valence electrons. The fourth-order valence-corrected chi connectivity index (χ4v) is 9.85. The lowest BCUT2D eigenvalue weighted by molar-refractivity contribution is -0.142. The maximum Gasteiger partial charge on any atom is 0.305 e. The number of aliphatic carboxylic acids is 1. The van der Waals surface area contributed by atoms with Crippen molar-refractivity contribution in [1.82, 2.24) is 9.88 Å². The topological polar surface area (TPSA) is 108 Å². The number of carboxylic acids is 1. The summed E-state index contributed by atoms with van der Waals surface area (Å²) in [6, 6.07) is 8.26. The molecule has 2 N–H and O–H groups in total. The summed E-state index contributed by atoms with van der Waals surface area (Å²) in [5, 5.41) is 10.0. The molecule has 1 aromatic carbocycles. The number of H-pyrrole nitrogens is 1. The van der Waals surface area contributed by atoms with E-state index in [9.17, 15) is 19.2 Å². The van der Waals surface area contributed by atoms with Crippen LogP contribution >= 0.6 is 23.1 Å². The van der Waals surface area contributed by atoms with Crippen LogP contribution in [0.15, 0.2) is 34.1 Å². The number of aromatic amines is 1. The highest BCUT2D eigenvalue weighted by molar-refractivity contribution is 8.00. The number of hydrogen-bond donors (Lipinski definition) is 2. The van der Waals surface area contributed by atoms with Crippen LogP contribution in [-0.2, 0) is 14.4 Å². The molecule has 9 heteroatoms. The normalized spacial score (nSPS) is 33.8. The third-order valence-corrected chi connectivity index (χ3v) is 10.7. The Morgan fingerprint density at radius 3 is 2.61 bits per heavy atom. The van der Waals surface area contributed by atoms with Gasteiger partial charge in [0.15, 0.2) is 0 Å². The fourth-order valence-electron chi connectivity index (χ4n) is 6.97. The first-order valence-electron chi connectivity index (χ1n) is 11.4. The third kappa shape index (κ3) is 3.01. The van der Waals surface area contributed by atoms with Crippen LogP contribution in [0.2, 0.25) is 0 Å². The largest absolute Gasteiger partial charge is 0.481 e. The Morgan fingerprint density at radius 2 is 1.88 bits per heavy atom. The zero-order valence-electron chi connectivity index (χ0n) is 18.0. The molecule has 1 saturated heterocycles. The SMILES string of the molecule is Cc1ccccc1[C@H]1c2sc(=O)[nH]c2S[C@@H]2[C@H]3C[C@@H]([C@H]4C(=O)N(CCCC(=O)O)C(=O)[C@H]34)[C@@H]12. The number of thiazole rings is 1. The van der Waals surface area contributed by atoms with Crippen LogP contribution in [0.4, 0.5) is 0 Å². The molecular weight excluding hydrogens is 460 g/mol. The van der Waals surface area contributed by atoms with E-state index in [4.69, 9.17) is 5.11 Å². The number of nitrogens with zero attached hydrogens (tertiary/aromatic N) is 1. The Kier molecular flexibility index (Phi) is 4.85. The minimum Gasteiger partial charge on any atom is -0.481 e. The van der Waals surface area contributed by atoms with E-state index in [0.717, 1.165) is 16.3 Å². The number of aryl methyl sites for hydroxylation is 1. The van der Waals surface area contributed by atoms with Crippen molar-refractivity contribution in [2.24, 2.45) is 29.6 Å². The molecule has 1 aromatic heterocycles. The van der Waals surface area contributed by atoms with Crippen LogP contribution in [-0.4, -0.2) is 44.6 Å². The molecular formula is C24H24N2O5S2. The van der Waals surface area contributed by atoms with E-state index < -0.39 is 5.97 Å². The summed E-state index contributed by atoms with van der Waals surface area (Å²) in [6.07, 6.45) is 1.09. The molecule has 0 unspecified atom stereocenters. The van der Waals surface area contributed by atoms with Gasteiger partial charge in [0.25, 0.3) is 0 Å². The third-order valence-electron chi connectivity index (χ3n) is 8.11. The van der Waals surface area contributed by atoms with Crippen LogP contribution in [0.3, 0.4) is 0 Å². The maximum absolute atomic E-state index is 13.4. The van der Waals surface area contributed by atoms with Gasteiger partial charge in [-0.25, -0.2) is 0 Å². The number of amides is 2. The van der Waals surface area contributed by atoms with Crippen LogP contribution < -0.4 is 4.87 Å². The summed E-state index contributed by atoms with van der Waals surface area (Å²) < 4.78 is 0. The van der Waals surface area contributed by atoms with Crippen molar-refractivity contribution >= 4 is 40.9 Å². The highest BCUT2D eigenvalue weighted by atomic mass is 32.2. The zero-order chi connectivity index (χ0) is 23.0. The molecule has 2 aliphatic heterocycles. The van der Waals surface area contributed by atoms with Crippen molar-refractivity contribution in [2.45, 2.75) is 42.4 Å². The van der Waals surface area contributed by atoms with Gasteiger partial charge in [-0.3, -0.25) is 24.1 Å². The second-order valence-electron chi connectivity index (χ2n) is 9.64. The first-order valence-corrected chi connectivity index (χ1v) is 13.1. The number of hydrogen-bond acceptors (Lipinski definition) is 6. The molecule has 2 aromatic rings. The van der Waals surface area contributed by atoms with Crippen LogP contribution in [0.5, 0.6) is 0 Å². The number of aromatic nitrogens is 1. The predicted molar refractivity (Wildman–Crippen MR) is 123 cm³/mol. The lowest BCUT2D eigenvalue weighted by Crippen LogP contribution is -2.42. The lowest BCUT2D eigenvalue weighted by Gasteiger charge is -2.43. The molecule has 2 bridgehead atoms. The molecule has 2 aliphatic carbocycles. The Labute approximate surface area is 198 Å². The van der Waals surface area contributed by atoms with E-state index in [1.807, 2.05) is 12.1 Å². The van der Waals surface area contributed by atoms with Gasteiger partial charge in [0.05, 0.1) is 16.9 Å². The van der Waals surface area contributed by atoms with Gasteiger partial charge in [-0.1, -0.05) is 35.6 Å². The Bertz CT molecular complexity index is 1240. The average Bonchev–Trinajstić information content (AvgIpc) is 3.49. The van der Waals surface area contributed by atoms with Gasteiger partial charge >= 0.3 is 10.8 Å². The smallest absolute Gasteiger partial charge is 0.305 e. The molecule has 2 amide bonds. The lowest BCUT2D eigenvalue weighted by atomic mass is 9.67. The predicted octanol–water partition coefficient (Wildman–Crippen LogP) is 3.08. The van der Waals surface area contributed by atoms with E-state index in [0.29, 0.717) is 0 Å². The molecule has 6 rings (SSSR count). The van der Waals surface area contributed by atoms with Gasteiger partial charge in [-0.05, 0) is 48.6 Å². The van der Waals surface area contributed by atoms with Gasteiger partial charge in [-0.2, -0.15) is 0 Å².